The Morgan fingerprint density at radius 1 is 1.08 bits per heavy atom. The number of cyclic esters (lactones) is 1. The van der Waals surface area contributed by atoms with Gasteiger partial charge in [0, 0.05) is 29.4 Å². The lowest BCUT2D eigenvalue weighted by Crippen LogP contribution is -2.41. The lowest BCUT2D eigenvalue weighted by molar-refractivity contribution is -0.0355. The molecule has 0 saturated heterocycles. The van der Waals surface area contributed by atoms with Crippen LogP contribution in [0, 0.1) is 0 Å². The highest BCUT2D eigenvalue weighted by molar-refractivity contribution is 6.31. The summed E-state index contributed by atoms with van der Waals surface area (Å²) in [6.45, 7) is 0.797. The molecule has 1 atom stereocenters. The Bertz CT molecular complexity index is 758. The van der Waals surface area contributed by atoms with Gasteiger partial charge >= 0.3 is 5.97 Å². The number of rotatable bonds is 4. The van der Waals surface area contributed by atoms with Gasteiger partial charge in [0.1, 0.15) is 5.60 Å². The first-order valence-electron chi connectivity index (χ1n) is 7.82. The second kappa shape index (κ2) is 6.75. The molecule has 24 heavy (non-hydrogen) atoms. The van der Waals surface area contributed by atoms with Crippen molar-refractivity contribution in [2.45, 2.75) is 18.4 Å². The van der Waals surface area contributed by atoms with Crippen LogP contribution < -0.4 is 0 Å². The topological polar surface area (TPSA) is 29.5 Å². The van der Waals surface area contributed by atoms with Crippen molar-refractivity contribution in [1.29, 1.82) is 0 Å². The molecule has 3 nitrogen and oxygen atoms in total. The number of benzene rings is 2. The predicted molar refractivity (Wildman–Crippen MR) is 96.9 cm³/mol. The van der Waals surface area contributed by atoms with Gasteiger partial charge in [-0.2, -0.15) is 0 Å². The second-order valence-corrected chi connectivity index (χ2v) is 7.30. The van der Waals surface area contributed by atoms with Gasteiger partial charge in [0.15, 0.2) is 0 Å². The first-order valence-corrected chi connectivity index (χ1v) is 8.58. The first-order chi connectivity index (χ1) is 11.4. The Labute approximate surface area is 152 Å². The minimum absolute atomic E-state index is 0.304. The molecular weight excluding hydrogens is 345 g/mol. The minimum Gasteiger partial charge on any atom is -0.450 e. The van der Waals surface area contributed by atoms with Crippen LogP contribution in [0.1, 0.15) is 27.9 Å². The molecule has 2 aromatic rings. The van der Waals surface area contributed by atoms with Crippen LogP contribution in [-0.2, 0) is 16.8 Å². The Hall–Kier alpha value is -1.55. The number of ether oxygens (including phenoxy) is 1. The molecule has 0 spiro atoms. The SMILES string of the molecule is CN(C)CC[C@]1(c2ccc(Cl)cc2)Cc2cc(Cl)ccc2C(=O)O1. The fourth-order valence-electron chi connectivity index (χ4n) is 3.09. The van der Waals surface area contributed by atoms with E-state index in [1.165, 1.54) is 0 Å². The van der Waals surface area contributed by atoms with Gasteiger partial charge in [-0.05, 0) is 55.6 Å². The van der Waals surface area contributed by atoms with Crippen LogP contribution in [0.15, 0.2) is 42.5 Å². The molecule has 0 radical (unpaired) electrons. The van der Waals surface area contributed by atoms with Crippen LogP contribution in [0.3, 0.4) is 0 Å². The molecule has 0 saturated carbocycles. The number of carbonyl (C=O) groups is 1. The van der Waals surface area contributed by atoms with E-state index in [0.29, 0.717) is 28.5 Å². The summed E-state index contributed by atoms with van der Waals surface area (Å²) in [5, 5.41) is 1.29. The molecule has 1 aliphatic heterocycles. The predicted octanol–water partition coefficient (Wildman–Crippen LogP) is 4.55. The Morgan fingerprint density at radius 3 is 2.42 bits per heavy atom. The molecule has 2 aromatic carbocycles. The summed E-state index contributed by atoms with van der Waals surface area (Å²) in [4.78, 5) is 14.7. The van der Waals surface area contributed by atoms with Gasteiger partial charge in [0.2, 0.25) is 0 Å². The van der Waals surface area contributed by atoms with Crippen molar-refractivity contribution in [3.05, 3.63) is 69.2 Å². The Morgan fingerprint density at radius 2 is 1.75 bits per heavy atom. The summed E-state index contributed by atoms with van der Waals surface area (Å²) in [5.74, 6) is -0.304. The average molecular weight is 364 g/mol. The Kier molecular flexibility index (Phi) is 4.86. The van der Waals surface area contributed by atoms with Crippen LogP contribution in [0.25, 0.3) is 0 Å². The molecule has 0 N–H and O–H groups in total. The van der Waals surface area contributed by atoms with Gasteiger partial charge in [-0.1, -0.05) is 35.3 Å². The van der Waals surface area contributed by atoms with Crippen molar-refractivity contribution in [2.75, 3.05) is 20.6 Å². The van der Waals surface area contributed by atoms with E-state index < -0.39 is 5.60 Å². The number of carbonyl (C=O) groups excluding carboxylic acids is 1. The summed E-state index contributed by atoms with van der Waals surface area (Å²) in [5.41, 5.74) is 1.76. The van der Waals surface area contributed by atoms with Gasteiger partial charge < -0.3 is 9.64 Å². The van der Waals surface area contributed by atoms with E-state index in [4.69, 9.17) is 27.9 Å². The number of hydrogen-bond donors (Lipinski definition) is 0. The molecule has 0 aliphatic carbocycles. The molecule has 0 amide bonds. The molecule has 1 aliphatic rings. The largest absolute Gasteiger partial charge is 0.450 e. The van der Waals surface area contributed by atoms with Gasteiger partial charge in [-0.15, -0.1) is 0 Å². The molecule has 0 fully saturated rings. The van der Waals surface area contributed by atoms with Gasteiger partial charge in [0.25, 0.3) is 0 Å². The number of fused-ring (bicyclic) bond motifs is 1. The van der Waals surface area contributed by atoms with Crippen LogP contribution >= 0.6 is 23.2 Å². The zero-order valence-corrected chi connectivity index (χ0v) is 15.2. The van der Waals surface area contributed by atoms with Crippen molar-refractivity contribution in [3.63, 3.8) is 0 Å². The highest BCUT2D eigenvalue weighted by Gasteiger charge is 2.41. The summed E-state index contributed by atoms with van der Waals surface area (Å²) in [6.07, 6.45) is 1.30. The summed E-state index contributed by atoms with van der Waals surface area (Å²) in [7, 11) is 4.01. The monoisotopic (exact) mass is 363 g/mol. The second-order valence-electron chi connectivity index (χ2n) is 6.42. The minimum atomic E-state index is -0.705. The van der Waals surface area contributed by atoms with Crippen molar-refractivity contribution in [3.8, 4) is 0 Å². The number of hydrogen-bond acceptors (Lipinski definition) is 3. The Balaban J connectivity index is 2.05. The fraction of sp³-hybridized carbons (Fsp3) is 0.316. The number of esters is 1. The van der Waals surface area contributed by atoms with E-state index in [0.717, 1.165) is 17.7 Å². The fourth-order valence-corrected chi connectivity index (χ4v) is 3.41. The molecule has 5 heteroatoms. The number of halogens is 2. The summed E-state index contributed by atoms with van der Waals surface area (Å²) < 4.78 is 5.96. The average Bonchev–Trinajstić information content (AvgIpc) is 2.53. The van der Waals surface area contributed by atoms with E-state index in [1.54, 1.807) is 12.1 Å². The van der Waals surface area contributed by atoms with Crippen molar-refractivity contribution in [1.82, 2.24) is 4.90 Å². The van der Waals surface area contributed by atoms with Crippen LogP contribution in [0.2, 0.25) is 10.0 Å². The molecule has 0 unspecified atom stereocenters. The van der Waals surface area contributed by atoms with Gasteiger partial charge in [-0.25, -0.2) is 4.79 Å². The lowest BCUT2D eigenvalue weighted by Gasteiger charge is -2.39. The molecular formula is C19H19Cl2NO2. The van der Waals surface area contributed by atoms with E-state index >= 15 is 0 Å². The molecule has 0 aromatic heterocycles. The smallest absolute Gasteiger partial charge is 0.339 e. The molecule has 1 heterocycles. The highest BCUT2D eigenvalue weighted by Crippen LogP contribution is 2.40. The van der Waals surface area contributed by atoms with Crippen LogP contribution in [0.4, 0.5) is 0 Å². The van der Waals surface area contributed by atoms with E-state index in [-0.39, 0.29) is 5.97 Å². The van der Waals surface area contributed by atoms with Crippen molar-refractivity contribution in [2.24, 2.45) is 0 Å². The van der Waals surface area contributed by atoms with E-state index in [1.807, 2.05) is 44.4 Å². The third-order valence-corrected chi connectivity index (χ3v) is 4.87. The van der Waals surface area contributed by atoms with Crippen molar-refractivity contribution >= 4 is 29.2 Å². The van der Waals surface area contributed by atoms with E-state index in [9.17, 15) is 4.79 Å². The molecule has 3 rings (SSSR count). The quantitative estimate of drug-likeness (QED) is 0.746. The summed E-state index contributed by atoms with van der Waals surface area (Å²) >= 11 is 12.2. The van der Waals surface area contributed by atoms with Gasteiger partial charge in [-0.3, -0.25) is 0 Å². The maximum absolute atomic E-state index is 12.6. The van der Waals surface area contributed by atoms with Crippen molar-refractivity contribution < 1.29 is 9.53 Å². The van der Waals surface area contributed by atoms with Crippen LogP contribution in [0.5, 0.6) is 0 Å². The molecule has 0 bridgehead atoms. The first kappa shape index (κ1) is 17.3. The zero-order valence-electron chi connectivity index (χ0n) is 13.7. The third kappa shape index (κ3) is 3.44. The van der Waals surface area contributed by atoms with E-state index in [2.05, 4.69) is 4.90 Å². The third-order valence-electron chi connectivity index (χ3n) is 4.38. The maximum atomic E-state index is 12.6. The zero-order chi connectivity index (χ0) is 17.3. The summed E-state index contributed by atoms with van der Waals surface area (Å²) in [6, 6.07) is 12.8. The highest BCUT2D eigenvalue weighted by atomic mass is 35.5. The van der Waals surface area contributed by atoms with Crippen LogP contribution in [-0.4, -0.2) is 31.5 Å². The number of nitrogens with zero attached hydrogens (tertiary/aromatic N) is 1. The standard InChI is InChI=1S/C19H19Cl2NO2/c1-22(2)10-9-19(14-3-5-15(20)6-4-14)12-13-11-16(21)7-8-17(13)18(23)24-19/h3-8,11H,9-10,12H2,1-2H3/t19-/m1/s1. The molecule has 126 valence electrons. The lowest BCUT2D eigenvalue weighted by atomic mass is 9.81. The maximum Gasteiger partial charge on any atom is 0.339 e. The van der Waals surface area contributed by atoms with Gasteiger partial charge in [0.05, 0.1) is 5.56 Å². The normalized spacial score (nSPS) is 20.0.